The number of ether oxygens (including phenoxy) is 2. The van der Waals surface area contributed by atoms with Crippen LogP contribution in [0.25, 0.3) is 10.9 Å². The highest BCUT2D eigenvalue weighted by Gasteiger charge is 2.33. The molecule has 1 atom stereocenters. The van der Waals surface area contributed by atoms with E-state index in [0.717, 1.165) is 35.2 Å². The summed E-state index contributed by atoms with van der Waals surface area (Å²) in [6, 6.07) is 25.7. The van der Waals surface area contributed by atoms with Crippen LogP contribution in [0.15, 0.2) is 78.9 Å². The maximum absolute atomic E-state index is 13.6. The predicted molar refractivity (Wildman–Crippen MR) is 150 cm³/mol. The van der Waals surface area contributed by atoms with Crippen LogP contribution in [0.1, 0.15) is 39.3 Å². The molecular weight excluding hydrogens is 490 g/mol. The molecule has 39 heavy (non-hydrogen) atoms. The van der Waals surface area contributed by atoms with Gasteiger partial charge < -0.3 is 19.7 Å². The molecule has 1 amide bonds. The van der Waals surface area contributed by atoms with Gasteiger partial charge in [-0.2, -0.15) is 0 Å². The molecule has 3 aromatic carbocycles. The lowest BCUT2D eigenvalue weighted by atomic mass is 10.0. The standard InChI is InChI=1S/C32H33N3O4/c1-38-27-12-13-29-25(16-27)17-30-32(37)34(20-31(36)35(29)30)19-26(14-22-6-3-2-4-7-22)33-18-24-8-5-9-28(15-24)39-21-23-10-11-23/h2-9,12-13,15-17,23,26,33H,10-11,14,18-21H2,1H3/t26-/m0/s1. The number of fused-ring (bicyclic) bond motifs is 3. The Bertz CT molecular complexity index is 1490. The minimum Gasteiger partial charge on any atom is -0.497 e. The second kappa shape index (κ2) is 10.9. The van der Waals surface area contributed by atoms with E-state index in [1.165, 1.54) is 18.4 Å². The Hall–Kier alpha value is -4.10. The van der Waals surface area contributed by atoms with Crippen LogP contribution >= 0.6 is 0 Å². The van der Waals surface area contributed by atoms with Crippen LogP contribution < -0.4 is 14.8 Å². The molecule has 1 aliphatic heterocycles. The summed E-state index contributed by atoms with van der Waals surface area (Å²) in [6.45, 7) is 1.87. The third-order valence-corrected chi connectivity index (χ3v) is 7.53. The highest BCUT2D eigenvalue weighted by atomic mass is 16.5. The number of carbonyl (C=O) groups is 2. The minimum absolute atomic E-state index is 0.0408. The third kappa shape index (κ3) is 5.68. The van der Waals surface area contributed by atoms with Gasteiger partial charge in [0.2, 0.25) is 0 Å². The molecule has 1 aromatic heterocycles. The Labute approximate surface area is 228 Å². The van der Waals surface area contributed by atoms with E-state index < -0.39 is 0 Å². The molecule has 1 fully saturated rings. The number of rotatable bonds is 11. The number of hydrogen-bond donors (Lipinski definition) is 1. The van der Waals surface area contributed by atoms with Crippen molar-refractivity contribution in [1.29, 1.82) is 0 Å². The fourth-order valence-electron chi connectivity index (χ4n) is 5.23. The maximum atomic E-state index is 13.6. The van der Waals surface area contributed by atoms with Gasteiger partial charge in [0.25, 0.3) is 11.8 Å². The van der Waals surface area contributed by atoms with Crippen LogP contribution in [0.3, 0.4) is 0 Å². The quantitative estimate of drug-likeness (QED) is 0.302. The lowest BCUT2D eigenvalue weighted by molar-refractivity contribution is 0.0608. The number of methoxy groups -OCH3 is 1. The van der Waals surface area contributed by atoms with Gasteiger partial charge in [-0.15, -0.1) is 0 Å². The summed E-state index contributed by atoms with van der Waals surface area (Å²) < 4.78 is 12.8. The molecule has 1 aliphatic carbocycles. The maximum Gasteiger partial charge on any atom is 0.271 e. The van der Waals surface area contributed by atoms with Crippen molar-refractivity contribution in [2.24, 2.45) is 5.92 Å². The van der Waals surface area contributed by atoms with Gasteiger partial charge in [0, 0.05) is 24.5 Å². The molecule has 7 nitrogen and oxygen atoms in total. The summed E-state index contributed by atoms with van der Waals surface area (Å²) >= 11 is 0. The Balaban J connectivity index is 1.20. The largest absolute Gasteiger partial charge is 0.497 e. The van der Waals surface area contributed by atoms with E-state index in [9.17, 15) is 9.59 Å². The van der Waals surface area contributed by atoms with Crippen molar-refractivity contribution < 1.29 is 19.1 Å². The smallest absolute Gasteiger partial charge is 0.271 e. The fourth-order valence-corrected chi connectivity index (χ4v) is 5.23. The van der Waals surface area contributed by atoms with Crippen molar-refractivity contribution in [1.82, 2.24) is 14.8 Å². The van der Waals surface area contributed by atoms with Gasteiger partial charge >= 0.3 is 0 Å². The summed E-state index contributed by atoms with van der Waals surface area (Å²) in [4.78, 5) is 28.5. The Morgan fingerprint density at radius 1 is 0.923 bits per heavy atom. The number of nitrogens with zero attached hydrogens (tertiary/aromatic N) is 2. The third-order valence-electron chi connectivity index (χ3n) is 7.53. The lowest BCUT2D eigenvalue weighted by Gasteiger charge is -2.31. The Morgan fingerprint density at radius 2 is 1.74 bits per heavy atom. The van der Waals surface area contributed by atoms with Gasteiger partial charge in [0.1, 0.15) is 23.7 Å². The van der Waals surface area contributed by atoms with Gasteiger partial charge in [-0.05, 0) is 72.7 Å². The van der Waals surface area contributed by atoms with E-state index in [1.54, 1.807) is 22.6 Å². The molecule has 1 N–H and O–H groups in total. The SMILES string of the molecule is COc1ccc2c(c1)cc1n2C(=O)CN(C[C@H](Cc2ccccc2)NCc2cccc(OCC3CC3)c2)C1=O. The van der Waals surface area contributed by atoms with Crippen molar-refractivity contribution in [3.05, 3.63) is 95.7 Å². The second-order valence-corrected chi connectivity index (χ2v) is 10.5. The zero-order valence-corrected chi connectivity index (χ0v) is 22.1. The summed E-state index contributed by atoms with van der Waals surface area (Å²) in [5, 5.41) is 4.47. The van der Waals surface area contributed by atoms with Gasteiger partial charge in [0.15, 0.2) is 0 Å². The number of benzene rings is 3. The zero-order valence-electron chi connectivity index (χ0n) is 22.1. The van der Waals surface area contributed by atoms with Crippen molar-refractivity contribution >= 4 is 22.7 Å². The van der Waals surface area contributed by atoms with E-state index in [1.807, 2.05) is 48.5 Å². The minimum atomic E-state index is -0.139. The Morgan fingerprint density at radius 3 is 2.54 bits per heavy atom. The fraction of sp³-hybridized carbons (Fsp3) is 0.312. The summed E-state index contributed by atoms with van der Waals surface area (Å²) in [7, 11) is 1.60. The molecule has 0 radical (unpaired) electrons. The topological polar surface area (TPSA) is 72.8 Å². The van der Waals surface area contributed by atoms with Gasteiger partial charge in [-0.1, -0.05) is 42.5 Å². The van der Waals surface area contributed by atoms with E-state index in [2.05, 4.69) is 29.6 Å². The van der Waals surface area contributed by atoms with E-state index in [0.29, 0.717) is 30.5 Å². The molecule has 200 valence electrons. The first kappa shape index (κ1) is 25.2. The van der Waals surface area contributed by atoms with E-state index in [-0.39, 0.29) is 24.4 Å². The van der Waals surface area contributed by atoms with Crippen LogP contribution in [-0.4, -0.2) is 54.1 Å². The van der Waals surface area contributed by atoms with E-state index >= 15 is 0 Å². The van der Waals surface area contributed by atoms with E-state index in [4.69, 9.17) is 9.47 Å². The number of carbonyl (C=O) groups excluding carboxylic acids is 2. The summed E-state index contributed by atoms with van der Waals surface area (Å²) in [5.74, 6) is 2.04. The first-order valence-electron chi connectivity index (χ1n) is 13.6. The van der Waals surface area contributed by atoms with Crippen LogP contribution in [0.4, 0.5) is 0 Å². The summed E-state index contributed by atoms with van der Waals surface area (Å²) in [6.07, 6.45) is 3.25. The normalized spacial score (nSPS) is 15.9. The first-order valence-corrected chi connectivity index (χ1v) is 13.6. The van der Waals surface area contributed by atoms with Crippen LogP contribution in [-0.2, 0) is 13.0 Å². The highest BCUT2D eigenvalue weighted by Crippen LogP contribution is 2.30. The molecule has 7 heteroatoms. The van der Waals surface area contributed by atoms with Crippen LogP contribution in [0.5, 0.6) is 11.5 Å². The summed E-state index contributed by atoms with van der Waals surface area (Å²) in [5.41, 5.74) is 3.42. The molecule has 4 aromatic rings. The highest BCUT2D eigenvalue weighted by molar-refractivity contribution is 6.09. The molecule has 0 saturated heterocycles. The number of amides is 1. The molecule has 0 unspecified atom stereocenters. The monoisotopic (exact) mass is 523 g/mol. The first-order chi connectivity index (χ1) is 19.1. The predicted octanol–water partition coefficient (Wildman–Crippen LogP) is 4.94. The molecule has 0 spiro atoms. The van der Waals surface area contributed by atoms with Gasteiger partial charge in [-0.3, -0.25) is 14.2 Å². The zero-order chi connectivity index (χ0) is 26.8. The number of aromatic nitrogens is 1. The average Bonchev–Trinajstić information content (AvgIpc) is 3.71. The van der Waals surface area contributed by atoms with Gasteiger partial charge in [-0.25, -0.2) is 0 Å². The molecule has 1 saturated carbocycles. The van der Waals surface area contributed by atoms with Crippen LogP contribution in [0.2, 0.25) is 0 Å². The lowest BCUT2D eigenvalue weighted by Crippen LogP contribution is -2.50. The Kier molecular flexibility index (Phi) is 7.07. The molecule has 2 aliphatic rings. The number of hydrogen-bond acceptors (Lipinski definition) is 5. The van der Waals surface area contributed by atoms with Crippen molar-refractivity contribution in [2.45, 2.75) is 31.8 Å². The van der Waals surface area contributed by atoms with Crippen molar-refractivity contribution in [2.75, 3.05) is 26.8 Å². The molecule has 0 bridgehead atoms. The average molecular weight is 524 g/mol. The van der Waals surface area contributed by atoms with Crippen molar-refractivity contribution in [3.8, 4) is 11.5 Å². The molecule has 2 heterocycles. The molecule has 6 rings (SSSR count). The molecular formula is C32H33N3O4. The second-order valence-electron chi connectivity index (χ2n) is 10.5. The van der Waals surface area contributed by atoms with Gasteiger partial charge in [0.05, 0.1) is 19.2 Å². The number of nitrogens with one attached hydrogen (secondary N) is 1. The van der Waals surface area contributed by atoms with Crippen LogP contribution in [0, 0.1) is 5.92 Å². The van der Waals surface area contributed by atoms with Crippen molar-refractivity contribution in [3.63, 3.8) is 0 Å².